The van der Waals surface area contributed by atoms with Gasteiger partial charge in [-0.1, -0.05) is 74.5 Å². The molecule has 4 rings (SSSR count). The molecule has 5 atom stereocenters. The molecule has 5 N–H and O–H groups in total. The van der Waals surface area contributed by atoms with Crippen molar-refractivity contribution in [1.82, 2.24) is 16.0 Å². The van der Waals surface area contributed by atoms with Gasteiger partial charge in [0.25, 0.3) is 0 Å². The summed E-state index contributed by atoms with van der Waals surface area (Å²) < 4.78 is 27.4. The van der Waals surface area contributed by atoms with Gasteiger partial charge in [0.1, 0.15) is 13.2 Å². The standard InChI is InChI=1S/C28H34NO10.C24H29N2O8.2Pb.2H/c1-16(2)21(12-26(34)38-13-19-8-6-5-7-9-19)27(35)29-18(4)22(30)10-20(11-25(32)33)23(31)14-37-24-15-39-28(36)17(24)3;1-14(2)22(26-24(32)34-12-16-7-5-4-6-8-16)18(27)9-17(10-21(29)30)19(28)13-33-20-11-25-23(31)15(20)3;;;;/h5-9,16,18,20-21H,3,10-15H2,1-2,4H3,(H,29,35)(H,32,33);4-8,14,17,22H,3,9-13H2,1-2H3,(H,25,31)(H,26,32)(H,29,30);;;;/t18-,20-,21-;17-,22-;;;;/m00..../s1. The number of alkyl carbamates (subject to hydrolysis) is 1. The molecule has 23 heteroatoms. The Morgan fingerprint density at radius 1 is 0.627 bits per heavy atom. The van der Waals surface area contributed by atoms with E-state index in [1.807, 2.05) is 48.5 Å². The normalized spacial score (nSPS) is 15.0. The van der Waals surface area contributed by atoms with E-state index in [0.29, 0.717) is 76.4 Å². The molecule has 21 nitrogen and oxygen atoms in total. The van der Waals surface area contributed by atoms with E-state index >= 15 is 0 Å². The number of amides is 3. The number of carbonyl (C=O) groups excluding carboxylic acids is 9. The molecular weight excluding hydrogens is 1370 g/mol. The SMILES string of the molecule is CC(C)[C@H](CC(=O)OCc1ccccc1)C(=O)N[C@@H](C)C(=O)C[C@@H](CC(=O)O)C(=O)COC1=C([CH2][PbH])C(=O)OC1.CC(C)[C@H](NC(=O)OCc1ccccc1)C(=O)C[C@@H](CC(=O)O)C(=O)COC1=C([CH2][PbH])C(=O)NC1. The number of aliphatic carboxylic acids is 2. The number of hydrogen-bond acceptors (Lipinski definition) is 16. The van der Waals surface area contributed by atoms with Crippen LogP contribution in [0.3, 0.4) is 0 Å². The first-order chi connectivity index (χ1) is 35.5. The fraction of sp³-hybridized carbons (Fsp3) is 0.481. The second-order valence-electron chi connectivity index (χ2n) is 18.3. The van der Waals surface area contributed by atoms with Crippen molar-refractivity contribution in [2.75, 3.05) is 26.4 Å². The van der Waals surface area contributed by atoms with Crippen LogP contribution < -0.4 is 16.0 Å². The van der Waals surface area contributed by atoms with Crippen molar-refractivity contribution in [2.45, 2.75) is 100.0 Å². The Bertz CT molecular complexity index is 2440. The Labute approximate surface area is 466 Å². The average molecular weight is 1430 g/mol. The van der Waals surface area contributed by atoms with E-state index in [-0.39, 0.29) is 62.7 Å². The molecule has 4 radical (unpaired) electrons. The third kappa shape index (κ3) is 22.1. The summed E-state index contributed by atoms with van der Waals surface area (Å²) in [6, 6.07) is 16.2. The van der Waals surface area contributed by atoms with Gasteiger partial charge in [-0.05, 0) is 17.0 Å². The van der Waals surface area contributed by atoms with Gasteiger partial charge in [0, 0.05) is 0 Å². The van der Waals surface area contributed by atoms with Crippen molar-refractivity contribution in [2.24, 2.45) is 29.6 Å². The van der Waals surface area contributed by atoms with Gasteiger partial charge in [-0.25, -0.2) is 4.79 Å². The number of nitrogens with one attached hydrogen (secondary N) is 3. The van der Waals surface area contributed by atoms with Crippen molar-refractivity contribution in [3.63, 3.8) is 0 Å². The summed E-state index contributed by atoms with van der Waals surface area (Å²) in [4.78, 5) is 135. The summed E-state index contributed by atoms with van der Waals surface area (Å²) in [5.41, 5.74) is 2.48. The molecule has 75 heavy (non-hydrogen) atoms. The summed E-state index contributed by atoms with van der Waals surface area (Å²) in [6.45, 7) is 7.68. The molecule has 0 aromatic heterocycles. The molecular formula is C52H65N3O18Pb2. The molecule has 2 aliphatic heterocycles. The maximum atomic E-state index is 13.0. The van der Waals surface area contributed by atoms with Gasteiger partial charge in [-0.3, -0.25) is 9.59 Å². The monoisotopic (exact) mass is 1440 g/mol. The minimum atomic E-state index is -1.27. The number of Topliss-reactive ketones (excluding diaryl/α,β-unsaturated/α-hetero) is 4. The van der Waals surface area contributed by atoms with Crippen LogP contribution in [0.15, 0.2) is 83.3 Å². The van der Waals surface area contributed by atoms with E-state index in [1.54, 1.807) is 39.8 Å². The van der Waals surface area contributed by atoms with Crippen molar-refractivity contribution in [3.05, 3.63) is 94.5 Å². The first kappa shape index (κ1) is 63.4. The third-order valence-corrected chi connectivity index (χ3v) is 15.1. The zero-order valence-electron chi connectivity index (χ0n) is 42.6. The molecule has 2 aliphatic rings. The van der Waals surface area contributed by atoms with Crippen LogP contribution in [0.2, 0.25) is 7.96 Å². The fourth-order valence-corrected chi connectivity index (χ4v) is 10.6. The first-order valence-electron chi connectivity index (χ1n) is 24.1. The van der Waals surface area contributed by atoms with E-state index in [2.05, 4.69) is 16.0 Å². The Morgan fingerprint density at radius 3 is 1.63 bits per heavy atom. The molecule has 0 saturated carbocycles. The second-order valence-corrected chi connectivity index (χ2v) is 21.4. The summed E-state index contributed by atoms with van der Waals surface area (Å²) in [6.07, 6.45) is -2.92. The van der Waals surface area contributed by atoms with Gasteiger partial charge in [0.2, 0.25) is 0 Å². The molecule has 0 fully saturated rings. The number of carboxylic acids is 2. The molecule has 0 saturated heterocycles. The number of ether oxygens (including phenoxy) is 5. The number of benzene rings is 2. The second kappa shape index (κ2) is 32.5. The topological polar surface area (TPSA) is 310 Å². The molecule has 404 valence electrons. The van der Waals surface area contributed by atoms with Crippen LogP contribution in [-0.2, 0) is 84.8 Å². The summed E-state index contributed by atoms with van der Waals surface area (Å²) >= 11 is 1.01. The predicted octanol–water partition coefficient (Wildman–Crippen LogP) is 2.94. The number of cyclic esters (lactones) is 1. The number of hydrogen-bond donors (Lipinski definition) is 5. The van der Waals surface area contributed by atoms with Crippen molar-refractivity contribution >= 4 is 116 Å². The summed E-state index contributed by atoms with van der Waals surface area (Å²) in [7, 11) is 0. The van der Waals surface area contributed by atoms with Gasteiger partial charge in [-0.2, -0.15) is 0 Å². The van der Waals surface area contributed by atoms with Crippen molar-refractivity contribution < 1.29 is 86.6 Å². The van der Waals surface area contributed by atoms with Crippen LogP contribution in [0.4, 0.5) is 4.79 Å². The maximum absolute atomic E-state index is 13.0. The Kier molecular flexibility index (Phi) is 27.5. The molecule has 0 bridgehead atoms. The molecule has 2 heterocycles. The van der Waals surface area contributed by atoms with Gasteiger partial charge in [0.15, 0.2) is 0 Å². The summed E-state index contributed by atoms with van der Waals surface area (Å²) in [5.74, 6) is -9.46. The number of carboxylic acid groups (broad SMARTS) is 2. The van der Waals surface area contributed by atoms with Gasteiger partial charge in [0.05, 0.1) is 12.3 Å². The zero-order chi connectivity index (χ0) is 55.8. The first-order valence-corrected chi connectivity index (χ1v) is 30.5. The molecule has 0 spiro atoms. The molecule has 0 aliphatic carbocycles. The van der Waals surface area contributed by atoms with E-state index in [0.717, 1.165) is 11.1 Å². The van der Waals surface area contributed by atoms with Crippen LogP contribution in [0, 0.1) is 29.6 Å². The molecule has 2 aromatic rings. The number of rotatable bonds is 31. The van der Waals surface area contributed by atoms with Gasteiger partial charge < -0.3 is 9.47 Å². The van der Waals surface area contributed by atoms with Crippen LogP contribution in [0.1, 0.15) is 77.8 Å². The van der Waals surface area contributed by atoms with E-state index in [1.165, 1.54) is 6.92 Å². The Balaban J connectivity index is 0.000000399. The molecule has 2 aromatic carbocycles. The number of esters is 2. The van der Waals surface area contributed by atoms with Crippen LogP contribution >= 0.6 is 0 Å². The van der Waals surface area contributed by atoms with E-state index < -0.39 is 121 Å². The molecule has 3 amide bonds. The van der Waals surface area contributed by atoms with Crippen LogP contribution in [-0.4, -0.2) is 165 Å². The zero-order valence-corrected chi connectivity index (χ0v) is 51.6. The van der Waals surface area contributed by atoms with Crippen LogP contribution in [0.5, 0.6) is 0 Å². The Morgan fingerprint density at radius 2 is 1.13 bits per heavy atom. The Hall–Kier alpha value is -5.87. The quantitative estimate of drug-likeness (QED) is 0.0412. The predicted molar refractivity (Wildman–Crippen MR) is 270 cm³/mol. The summed E-state index contributed by atoms with van der Waals surface area (Å²) in [5, 5.41) is 26.3. The van der Waals surface area contributed by atoms with E-state index in [9.17, 15) is 63.0 Å². The van der Waals surface area contributed by atoms with Crippen LogP contribution in [0.25, 0.3) is 0 Å². The number of carbonyl (C=O) groups is 11. The third-order valence-electron chi connectivity index (χ3n) is 11.9. The van der Waals surface area contributed by atoms with Gasteiger partial charge in [-0.15, -0.1) is 0 Å². The number of ketones is 4. The van der Waals surface area contributed by atoms with Crippen molar-refractivity contribution in [3.8, 4) is 0 Å². The molecule has 0 unspecified atom stereocenters. The fourth-order valence-electron chi connectivity index (χ4n) is 7.47. The minimum absolute atomic E-state index is 0.0269. The van der Waals surface area contributed by atoms with Crippen molar-refractivity contribution in [1.29, 1.82) is 0 Å². The average Bonchev–Trinajstić information content (AvgIpc) is 3.93. The van der Waals surface area contributed by atoms with E-state index in [4.69, 9.17) is 23.7 Å². The van der Waals surface area contributed by atoms with Gasteiger partial charge >= 0.3 is 328 Å².